The third kappa shape index (κ3) is 1.69. The van der Waals surface area contributed by atoms with Crippen LogP contribution < -0.4 is 0 Å². The van der Waals surface area contributed by atoms with Crippen LogP contribution in [0.4, 0.5) is 0 Å². The largest absolute Gasteiger partial charge is 0.272 e. The molecule has 1 heterocycles. The summed E-state index contributed by atoms with van der Waals surface area (Å²) in [5.41, 5.74) is 1.10. The Hall–Kier alpha value is -1.75. The lowest BCUT2D eigenvalue weighted by atomic mass is 9.85. The van der Waals surface area contributed by atoms with Crippen LogP contribution in [0.3, 0.4) is 0 Å². The van der Waals surface area contributed by atoms with E-state index in [2.05, 4.69) is 33.2 Å². The molecule has 116 valence electrons. The monoisotopic (exact) mass is 370 g/mol. The van der Waals surface area contributed by atoms with Gasteiger partial charge in [-0.15, -0.1) is 0 Å². The Labute approximate surface area is 142 Å². The number of imide groups is 1. The summed E-state index contributed by atoms with van der Waals surface area (Å²) in [6, 6.07) is 7.62. The van der Waals surface area contributed by atoms with Crippen molar-refractivity contribution in [3.63, 3.8) is 0 Å². The van der Waals surface area contributed by atoms with E-state index in [9.17, 15) is 9.59 Å². The molecule has 1 aromatic rings. The lowest BCUT2D eigenvalue weighted by molar-refractivity contribution is -0.141. The summed E-state index contributed by atoms with van der Waals surface area (Å²) in [4.78, 5) is 25.5. The molecule has 3 aliphatic carbocycles. The Morgan fingerprint density at radius 1 is 1.13 bits per heavy atom. The number of fused-ring (bicyclic) bond motifs is 3. The Balaban J connectivity index is 1.44. The smallest absolute Gasteiger partial charge is 0.254 e. The molecule has 0 N–H and O–H groups in total. The maximum absolute atomic E-state index is 12.7. The molecule has 5 heteroatoms. The molecule has 4 nitrogen and oxygen atoms in total. The summed E-state index contributed by atoms with van der Waals surface area (Å²) in [5, 5.41) is 5.31. The van der Waals surface area contributed by atoms with Gasteiger partial charge >= 0.3 is 0 Å². The van der Waals surface area contributed by atoms with Crippen molar-refractivity contribution in [3.05, 3.63) is 46.5 Å². The molecule has 1 aliphatic heterocycles. The molecule has 2 bridgehead atoms. The van der Waals surface area contributed by atoms with Gasteiger partial charge in [-0.25, -0.2) is 0 Å². The SMILES string of the molecule is O=C1[C@@H]2[C@@H](C(=O)N1/N=C\c1cccc(Br)c1)[C@@H]1C=C[C@@H]2C12CC2. The van der Waals surface area contributed by atoms with Crippen molar-refractivity contribution < 1.29 is 9.59 Å². The van der Waals surface area contributed by atoms with Crippen LogP contribution in [0.15, 0.2) is 46.0 Å². The number of amides is 2. The van der Waals surface area contributed by atoms with Gasteiger partial charge in [-0.3, -0.25) is 9.59 Å². The number of carbonyl (C=O) groups excluding carboxylic acids is 2. The Morgan fingerprint density at radius 3 is 2.35 bits per heavy atom. The number of carbonyl (C=O) groups is 2. The van der Waals surface area contributed by atoms with Gasteiger partial charge in [0.15, 0.2) is 0 Å². The van der Waals surface area contributed by atoms with Gasteiger partial charge in [-0.05, 0) is 47.8 Å². The molecule has 0 aromatic heterocycles. The predicted molar refractivity (Wildman–Crippen MR) is 88.4 cm³/mol. The third-order valence-electron chi connectivity index (χ3n) is 6.00. The van der Waals surface area contributed by atoms with E-state index in [1.54, 1.807) is 6.21 Å². The zero-order valence-electron chi connectivity index (χ0n) is 12.4. The van der Waals surface area contributed by atoms with Crippen LogP contribution in [0.5, 0.6) is 0 Å². The second kappa shape index (κ2) is 4.41. The summed E-state index contributed by atoms with van der Waals surface area (Å²) in [5.74, 6) is -0.0943. The fourth-order valence-corrected chi connectivity index (χ4v) is 5.30. The van der Waals surface area contributed by atoms with Crippen LogP contribution in [0, 0.1) is 29.1 Å². The number of rotatable bonds is 2. The number of benzene rings is 1. The first kappa shape index (κ1) is 13.7. The highest BCUT2D eigenvalue weighted by atomic mass is 79.9. The maximum Gasteiger partial charge on any atom is 0.254 e. The van der Waals surface area contributed by atoms with Crippen LogP contribution in [0.2, 0.25) is 0 Å². The van der Waals surface area contributed by atoms with Gasteiger partial charge in [-0.2, -0.15) is 10.1 Å². The standard InChI is InChI=1S/C18H15BrN2O2/c19-11-3-1-2-10(8-11)9-20-21-16(22)14-12-4-5-13(15(14)17(21)23)18(12)6-7-18/h1-5,8-9,12-15H,6-7H2/b20-9-/t12-,13-,14-,15-/m0/s1. The van der Waals surface area contributed by atoms with Crippen molar-refractivity contribution in [2.24, 2.45) is 34.2 Å². The minimum absolute atomic E-state index is 0.116. The summed E-state index contributed by atoms with van der Waals surface area (Å²) < 4.78 is 0.940. The molecule has 0 radical (unpaired) electrons. The fraction of sp³-hybridized carbons (Fsp3) is 0.389. The minimum Gasteiger partial charge on any atom is -0.272 e. The van der Waals surface area contributed by atoms with Gasteiger partial charge in [0.25, 0.3) is 11.8 Å². The quantitative estimate of drug-likeness (QED) is 0.456. The minimum atomic E-state index is -0.181. The van der Waals surface area contributed by atoms with Gasteiger partial charge in [-0.1, -0.05) is 40.2 Å². The van der Waals surface area contributed by atoms with E-state index in [-0.39, 0.29) is 40.9 Å². The summed E-state index contributed by atoms with van der Waals surface area (Å²) >= 11 is 3.40. The second-order valence-electron chi connectivity index (χ2n) is 7.01. The van der Waals surface area contributed by atoms with Crippen molar-refractivity contribution in [2.45, 2.75) is 12.8 Å². The average molecular weight is 371 g/mol. The maximum atomic E-state index is 12.7. The lowest BCUT2D eigenvalue weighted by Gasteiger charge is -2.18. The zero-order valence-corrected chi connectivity index (χ0v) is 13.9. The van der Waals surface area contributed by atoms with E-state index in [1.807, 2.05) is 24.3 Å². The number of hydrogen-bond donors (Lipinski definition) is 0. The van der Waals surface area contributed by atoms with Crippen LogP contribution in [0.25, 0.3) is 0 Å². The molecular weight excluding hydrogens is 356 g/mol. The number of hydrogen-bond acceptors (Lipinski definition) is 3. The first-order valence-corrected chi connectivity index (χ1v) is 8.77. The number of halogens is 1. The third-order valence-corrected chi connectivity index (χ3v) is 6.49. The Morgan fingerprint density at radius 2 is 1.78 bits per heavy atom. The van der Waals surface area contributed by atoms with E-state index in [1.165, 1.54) is 0 Å². The summed E-state index contributed by atoms with van der Waals surface area (Å²) in [6.45, 7) is 0. The first-order chi connectivity index (χ1) is 11.1. The second-order valence-corrected chi connectivity index (χ2v) is 7.92. The van der Waals surface area contributed by atoms with Crippen LogP contribution >= 0.6 is 15.9 Å². The molecule has 23 heavy (non-hydrogen) atoms. The lowest BCUT2D eigenvalue weighted by Crippen LogP contribution is -2.30. The molecule has 1 saturated heterocycles. The van der Waals surface area contributed by atoms with Crippen molar-refractivity contribution in [1.29, 1.82) is 0 Å². The molecule has 3 fully saturated rings. The zero-order chi connectivity index (χ0) is 15.8. The summed E-state index contributed by atoms with van der Waals surface area (Å²) in [7, 11) is 0. The highest BCUT2D eigenvalue weighted by Crippen LogP contribution is 2.73. The number of hydrazone groups is 1. The van der Waals surface area contributed by atoms with E-state index in [4.69, 9.17) is 0 Å². The van der Waals surface area contributed by atoms with E-state index < -0.39 is 0 Å². The van der Waals surface area contributed by atoms with Gasteiger partial charge in [0.1, 0.15) is 0 Å². The van der Waals surface area contributed by atoms with Crippen LogP contribution in [-0.2, 0) is 9.59 Å². The average Bonchev–Trinajstić information content (AvgIpc) is 3.13. The predicted octanol–water partition coefficient (Wildman–Crippen LogP) is 2.98. The van der Waals surface area contributed by atoms with Gasteiger partial charge in [0.05, 0.1) is 18.1 Å². The number of nitrogens with zero attached hydrogens (tertiary/aromatic N) is 2. The molecular formula is C18H15BrN2O2. The highest BCUT2D eigenvalue weighted by molar-refractivity contribution is 9.10. The summed E-state index contributed by atoms with van der Waals surface area (Å²) in [6.07, 6.45) is 8.25. The first-order valence-electron chi connectivity index (χ1n) is 7.97. The molecule has 4 atom stereocenters. The van der Waals surface area contributed by atoms with Gasteiger partial charge in [0, 0.05) is 4.47 Å². The highest BCUT2D eigenvalue weighted by Gasteiger charge is 2.73. The van der Waals surface area contributed by atoms with Crippen molar-refractivity contribution >= 4 is 34.0 Å². The normalized spacial score (nSPS) is 35.8. The van der Waals surface area contributed by atoms with Crippen molar-refractivity contribution in [3.8, 4) is 0 Å². The van der Waals surface area contributed by atoms with Crippen molar-refractivity contribution in [2.75, 3.05) is 0 Å². The van der Waals surface area contributed by atoms with E-state index >= 15 is 0 Å². The molecule has 4 aliphatic rings. The van der Waals surface area contributed by atoms with E-state index in [0.717, 1.165) is 27.9 Å². The van der Waals surface area contributed by atoms with Crippen LogP contribution in [-0.4, -0.2) is 23.0 Å². The number of allylic oxidation sites excluding steroid dienone is 2. The van der Waals surface area contributed by atoms with Gasteiger partial charge in [0.2, 0.25) is 0 Å². The van der Waals surface area contributed by atoms with Crippen LogP contribution in [0.1, 0.15) is 18.4 Å². The molecule has 1 spiro atoms. The molecule has 5 rings (SSSR count). The van der Waals surface area contributed by atoms with E-state index in [0.29, 0.717) is 0 Å². The molecule has 2 saturated carbocycles. The molecule has 1 aromatic carbocycles. The fourth-order valence-electron chi connectivity index (χ4n) is 4.89. The van der Waals surface area contributed by atoms with Crippen molar-refractivity contribution in [1.82, 2.24) is 5.01 Å². The Bertz CT molecular complexity index is 762. The molecule has 0 unspecified atom stereocenters. The van der Waals surface area contributed by atoms with Gasteiger partial charge < -0.3 is 0 Å². The molecule has 2 amide bonds. The topological polar surface area (TPSA) is 49.7 Å². The Kier molecular flexibility index (Phi) is 2.62.